The van der Waals surface area contributed by atoms with Crippen LogP contribution in [0.2, 0.25) is 5.15 Å². The zero-order valence-corrected chi connectivity index (χ0v) is 12.1. The van der Waals surface area contributed by atoms with Crippen LogP contribution in [0.25, 0.3) is 0 Å². The first kappa shape index (κ1) is 13.6. The first-order valence-corrected chi connectivity index (χ1v) is 7.38. The van der Waals surface area contributed by atoms with Crippen LogP contribution < -0.4 is 5.32 Å². The van der Waals surface area contributed by atoms with Gasteiger partial charge in [-0.1, -0.05) is 37.8 Å². The molecule has 1 aliphatic rings. The number of aromatic nitrogens is 2. The molecule has 0 aliphatic heterocycles. The number of rotatable bonds is 7. The third kappa shape index (κ3) is 3.58. The average molecular weight is 268 g/mol. The summed E-state index contributed by atoms with van der Waals surface area (Å²) in [7, 11) is 0. The minimum Gasteiger partial charge on any atom is -0.370 e. The number of nitrogens with one attached hydrogen (secondary N) is 1. The van der Waals surface area contributed by atoms with E-state index < -0.39 is 0 Å². The van der Waals surface area contributed by atoms with E-state index in [4.69, 9.17) is 11.6 Å². The predicted molar refractivity (Wildman–Crippen MR) is 76.4 cm³/mol. The molecule has 0 spiro atoms. The smallest absolute Gasteiger partial charge is 0.137 e. The molecule has 0 bridgehead atoms. The largest absolute Gasteiger partial charge is 0.370 e. The summed E-state index contributed by atoms with van der Waals surface area (Å²) < 4.78 is 0. The van der Waals surface area contributed by atoms with Gasteiger partial charge >= 0.3 is 0 Å². The highest BCUT2D eigenvalue weighted by molar-refractivity contribution is 6.30. The van der Waals surface area contributed by atoms with E-state index in [0.717, 1.165) is 23.8 Å². The lowest BCUT2D eigenvalue weighted by atomic mass is 10.2. The number of hydrogen-bond donors (Lipinski definition) is 1. The summed E-state index contributed by atoms with van der Waals surface area (Å²) in [6.07, 6.45) is 7.44. The zero-order chi connectivity index (χ0) is 13.0. The number of anilines is 1. The van der Waals surface area contributed by atoms with Crippen LogP contribution in [-0.4, -0.2) is 16.5 Å². The van der Waals surface area contributed by atoms with Crippen molar-refractivity contribution in [2.75, 3.05) is 11.9 Å². The third-order valence-corrected chi connectivity index (χ3v) is 3.74. The van der Waals surface area contributed by atoms with Gasteiger partial charge in [0, 0.05) is 18.0 Å². The molecule has 100 valence electrons. The van der Waals surface area contributed by atoms with Crippen molar-refractivity contribution in [2.24, 2.45) is 0 Å². The van der Waals surface area contributed by atoms with Crippen molar-refractivity contribution in [3.05, 3.63) is 16.5 Å². The minimum absolute atomic E-state index is 0.545. The quantitative estimate of drug-likeness (QED) is 0.591. The molecule has 0 saturated heterocycles. The van der Waals surface area contributed by atoms with Crippen LogP contribution in [0.1, 0.15) is 62.8 Å². The van der Waals surface area contributed by atoms with Crippen LogP contribution in [0.5, 0.6) is 0 Å². The lowest BCUT2D eigenvalue weighted by Crippen LogP contribution is -2.08. The van der Waals surface area contributed by atoms with Crippen LogP contribution in [0.4, 0.5) is 5.82 Å². The van der Waals surface area contributed by atoms with E-state index in [1.54, 1.807) is 0 Å². The average Bonchev–Trinajstić information content (AvgIpc) is 3.18. The van der Waals surface area contributed by atoms with Gasteiger partial charge in [-0.3, -0.25) is 0 Å². The number of unbranched alkanes of at least 4 members (excludes halogenated alkanes) is 3. The summed E-state index contributed by atoms with van der Waals surface area (Å²) in [5.74, 6) is 2.39. The molecule has 1 heterocycles. The predicted octanol–water partition coefficient (Wildman–Crippen LogP) is 4.31. The summed E-state index contributed by atoms with van der Waals surface area (Å²) in [5, 5.41) is 4.00. The van der Waals surface area contributed by atoms with Gasteiger partial charge in [0.15, 0.2) is 0 Å². The number of hydrogen-bond acceptors (Lipinski definition) is 3. The highest BCUT2D eigenvalue weighted by Gasteiger charge is 2.27. The second-order valence-electron chi connectivity index (χ2n) is 5.11. The van der Waals surface area contributed by atoms with Gasteiger partial charge in [-0.25, -0.2) is 9.97 Å². The normalized spacial score (nSPS) is 14.8. The second kappa shape index (κ2) is 6.37. The maximum atomic E-state index is 6.16. The molecule has 1 aromatic heterocycles. The lowest BCUT2D eigenvalue weighted by molar-refractivity contribution is 0.683. The van der Waals surface area contributed by atoms with Crippen molar-refractivity contribution in [3.63, 3.8) is 0 Å². The molecule has 1 aromatic rings. The fraction of sp³-hybridized carbons (Fsp3) is 0.714. The molecule has 0 amide bonds. The van der Waals surface area contributed by atoms with Crippen LogP contribution in [-0.2, 0) is 0 Å². The molecule has 18 heavy (non-hydrogen) atoms. The van der Waals surface area contributed by atoms with Gasteiger partial charge in [-0.05, 0) is 26.2 Å². The first-order chi connectivity index (χ1) is 8.72. The maximum Gasteiger partial charge on any atom is 0.137 e. The highest BCUT2D eigenvalue weighted by Crippen LogP contribution is 2.39. The van der Waals surface area contributed by atoms with E-state index in [0.29, 0.717) is 11.1 Å². The molecule has 0 atom stereocenters. The fourth-order valence-corrected chi connectivity index (χ4v) is 2.14. The molecule has 0 aromatic carbocycles. The SMILES string of the molecule is CCCCCCNc1nc(C2CC2)nc(Cl)c1C. The first-order valence-electron chi connectivity index (χ1n) is 7.00. The maximum absolute atomic E-state index is 6.16. The molecule has 1 aliphatic carbocycles. The zero-order valence-electron chi connectivity index (χ0n) is 11.3. The van der Waals surface area contributed by atoms with Crippen LogP contribution in [0.3, 0.4) is 0 Å². The molecule has 0 radical (unpaired) electrons. The van der Waals surface area contributed by atoms with Crippen LogP contribution in [0, 0.1) is 6.92 Å². The summed E-state index contributed by atoms with van der Waals surface area (Å²) in [6.45, 7) is 5.18. The van der Waals surface area contributed by atoms with Gasteiger partial charge < -0.3 is 5.32 Å². The van der Waals surface area contributed by atoms with E-state index in [-0.39, 0.29) is 0 Å². The fourth-order valence-electron chi connectivity index (χ4n) is 1.96. The standard InChI is InChI=1S/C14H22ClN3/c1-3-4-5-6-9-16-13-10(2)12(15)17-14(18-13)11-7-8-11/h11H,3-9H2,1-2H3,(H,16,17,18). The molecule has 1 saturated carbocycles. The lowest BCUT2D eigenvalue weighted by Gasteiger charge is -2.11. The monoisotopic (exact) mass is 267 g/mol. The number of halogens is 1. The van der Waals surface area contributed by atoms with Gasteiger partial charge in [0.1, 0.15) is 16.8 Å². The van der Waals surface area contributed by atoms with Crippen LogP contribution in [0.15, 0.2) is 0 Å². The summed E-state index contributed by atoms with van der Waals surface area (Å²) >= 11 is 6.16. The van der Waals surface area contributed by atoms with E-state index in [2.05, 4.69) is 22.2 Å². The Balaban J connectivity index is 1.93. The van der Waals surface area contributed by atoms with Crippen molar-refractivity contribution in [1.82, 2.24) is 9.97 Å². The Morgan fingerprint density at radius 1 is 1.22 bits per heavy atom. The van der Waals surface area contributed by atoms with E-state index in [1.807, 2.05) is 6.92 Å². The van der Waals surface area contributed by atoms with Gasteiger partial charge in [0.2, 0.25) is 0 Å². The minimum atomic E-state index is 0.545. The van der Waals surface area contributed by atoms with Gasteiger partial charge in [0.25, 0.3) is 0 Å². The van der Waals surface area contributed by atoms with E-state index in [1.165, 1.54) is 38.5 Å². The summed E-state index contributed by atoms with van der Waals surface area (Å²) in [5.41, 5.74) is 0.969. The van der Waals surface area contributed by atoms with Crippen LogP contribution >= 0.6 is 11.6 Å². The van der Waals surface area contributed by atoms with Crippen molar-refractivity contribution in [1.29, 1.82) is 0 Å². The summed E-state index contributed by atoms with van der Waals surface area (Å²) in [4.78, 5) is 8.97. The Morgan fingerprint density at radius 2 is 2.00 bits per heavy atom. The third-order valence-electron chi connectivity index (χ3n) is 3.37. The Kier molecular flexibility index (Phi) is 4.81. The van der Waals surface area contributed by atoms with Crippen molar-refractivity contribution in [3.8, 4) is 0 Å². The van der Waals surface area contributed by atoms with Gasteiger partial charge in [-0.2, -0.15) is 0 Å². The van der Waals surface area contributed by atoms with Crippen molar-refractivity contribution >= 4 is 17.4 Å². The Bertz CT molecular complexity index is 402. The molecular formula is C14H22ClN3. The molecule has 0 unspecified atom stereocenters. The molecule has 3 nitrogen and oxygen atoms in total. The molecule has 4 heteroatoms. The molecular weight excluding hydrogens is 246 g/mol. The van der Waals surface area contributed by atoms with E-state index >= 15 is 0 Å². The highest BCUT2D eigenvalue weighted by atomic mass is 35.5. The Morgan fingerprint density at radius 3 is 2.67 bits per heavy atom. The van der Waals surface area contributed by atoms with E-state index in [9.17, 15) is 0 Å². The topological polar surface area (TPSA) is 37.8 Å². The van der Waals surface area contributed by atoms with Gasteiger partial charge in [0.05, 0.1) is 0 Å². The molecule has 1 N–H and O–H groups in total. The Labute approximate surface area is 114 Å². The van der Waals surface area contributed by atoms with Crippen molar-refractivity contribution in [2.45, 2.75) is 58.3 Å². The second-order valence-corrected chi connectivity index (χ2v) is 5.47. The summed E-state index contributed by atoms with van der Waals surface area (Å²) in [6, 6.07) is 0. The van der Waals surface area contributed by atoms with Gasteiger partial charge in [-0.15, -0.1) is 0 Å². The molecule has 2 rings (SSSR count). The molecule has 1 fully saturated rings. The van der Waals surface area contributed by atoms with Crippen molar-refractivity contribution < 1.29 is 0 Å². The number of nitrogens with zero attached hydrogens (tertiary/aromatic N) is 2. The Hall–Kier alpha value is -0.830.